The van der Waals surface area contributed by atoms with E-state index >= 15 is 0 Å². The van der Waals surface area contributed by atoms with Gasteiger partial charge in [-0.1, -0.05) is 5.92 Å². The predicted octanol–water partition coefficient (Wildman–Crippen LogP) is 0.215. The lowest BCUT2D eigenvalue weighted by molar-refractivity contribution is -0.141. The summed E-state index contributed by atoms with van der Waals surface area (Å²) in [5.74, 6) is 1.12. The van der Waals surface area contributed by atoms with Gasteiger partial charge >= 0.3 is 12.1 Å². The van der Waals surface area contributed by atoms with Gasteiger partial charge in [0.05, 0.1) is 6.04 Å². The van der Waals surface area contributed by atoms with Crippen molar-refractivity contribution in [1.29, 1.82) is 0 Å². The zero-order valence-corrected chi connectivity index (χ0v) is 6.80. The number of rotatable bonds is 1. The Morgan fingerprint density at radius 2 is 2.00 bits per heavy atom. The number of carbonyl (C=O) groups is 2. The zero-order valence-electron chi connectivity index (χ0n) is 6.80. The van der Waals surface area contributed by atoms with Gasteiger partial charge in [-0.2, -0.15) is 0 Å². The SMILES string of the molecule is C#C[C@@H]1CC[C@@H](C(=O)O)N1C(=O)O. The number of hydrogen-bond donors (Lipinski definition) is 2. The van der Waals surface area contributed by atoms with E-state index in [0.717, 1.165) is 4.90 Å². The molecule has 0 unspecified atom stereocenters. The van der Waals surface area contributed by atoms with E-state index in [2.05, 4.69) is 5.92 Å². The highest BCUT2D eigenvalue weighted by Crippen LogP contribution is 2.23. The molecule has 13 heavy (non-hydrogen) atoms. The average Bonchev–Trinajstić information content (AvgIpc) is 2.46. The van der Waals surface area contributed by atoms with Crippen LogP contribution >= 0.6 is 0 Å². The molecular formula is C8H9NO4. The molecule has 0 aromatic carbocycles. The lowest BCUT2D eigenvalue weighted by atomic mass is 10.2. The number of hydrogen-bond acceptors (Lipinski definition) is 2. The molecule has 0 saturated carbocycles. The average molecular weight is 183 g/mol. The molecule has 2 N–H and O–H groups in total. The van der Waals surface area contributed by atoms with E-state index < -0.39 is 24.1 Å². The van der Waals surface area contributed by atoms with E-state index in [0.29, 0.717) is 6.42 Å². The van der Waals surface area contributed by atoms with E-state index in [4.69, 9.17) is 16.6 Å². The molecule has 0 aliphatic carbocycles. The van der Waals surface area contributed by atoms with Crippen molar-refractivity contribution in [2.24, 2.45) is 0 Å². The van der Waals surface area contributed by atoms with Crippen LogP contribution < -0.4 is 0 Å². The molecular weight excluding hydrogens is 174 g/mol. The van der Waals surface area contributed by atoms with Gasteiger partial charge < -0.3 is 10.2 Å². The second-order valence-corrected chi connectivity index (χ2v) is 2.80. The molecule has 2 atom stereocenters. The van der Waals surface area contributed by atoms with Gasteiger partial charge in [0.1, 0.15) is 6.04 Å². The molecule has 5 nitrogen and oxygen atoms in total. The first-order valence-corrected chi connectivity index (χ1v) is 3.78. The second kappa shape index (κ2) is 3.35. The van der Waals surface area contributed by atoms with Crippen molar-refractivity contribution in [2.75, 3.05) is 0 Å². The van der Waals surface area contributed by atoms with Gasteiger partial charge in [0.25, 0.3) is 0 Å². The number of likely N-dealkylation sites (tertiary alicyclic amines) is 1. The lowest BCUT2D eigenvalue weighted by Crippen LogP contribution is -2.43. The maximum atomic E-state index is 10.7. The minimum absolute atomic E-state index is 0.288. The molecule has 0 aromatic rings. The van der Waals surface area contributed by atoms with E-state index in [9.17, 15) is 9.59 Å². The first-order valence-electron chi connectivity index (χ1n) is 3.78. The van der Waals surface area contributed by atoms with Crippen molar-refractivity contribution < 1.29 is 19.8 Å². The third-order valence-electron chi connectivity index (χ3n) is 2.08. The fourth-order valence-electron chi connectivity index (χ4n) is 1.48. The largest absolute Gasteiger partial charge is 0.480 e. The van der Waals surface area contributed by atoms with Crippen molar-refractivity contribution >= 4 is 12.1 Å². The third-order valence-corrected chi connectivity index (χ3v) is 2.08. The monoisotopic (exact) mass is 183 g/mol. The molecule has 1 fully saturated rings. The van der Waals surface area contributed by atoms with E-state index in [1.807, 2.05) is 0 Å². The van der Waals surface area contributed by atoms with Crippen LogP contribution in [0.2, 0.25) is 0 Å². The third kappa shape index (κ3) is 1.56. The molecule has 1 aliphatic heterocycles. The molecule has 70 valence electrons. The topological polar surface area (TPSA) is 77.8 Å². The van der Waals surface area contributed by atoms with Gasteiger partial charge in [0, 0.05) is 0 Å². The molecule has 1 amide bonds. The molecule has 1 saturated heterocycles. The number of aliphatic carboxylic acids is 1. The molecule has 5 heteroatoms. The Hall–Kier alpha value is -1.70. The van der Waals surface area contributed by atoms with Gasteiger partial charge in [0.2, 0.25) is 0 Å². The van der Waals surface area contributed by atoms with Crippen molar-refractivity contribution in [3.63, 3.8) is 0 Å². The number of amides is 1. The highest BCUT2D eigenvalue weighted by molar-refractivity contribution is 5.80. The maximum Gasteiger partial charge on any atom is 0.409 e. The summed E-state index contributed by atoms with van der Waals surface area (Å²) in [5, 5.41) is 17.4. The molecule has 1 heterocycles. The highest BCUT2D eigenvalue weighted by Gasteiger charge is 2.40. The summed E-state index contributed by atoms with van der Waals surface area (Å²) in [6.45, 7) is 0. The van der Waals surface area contributed by atoms with E-state index in [-0.39, 0.29) is 6.42 Å². The fourth-order valence-corrected chi connectivity index (χ4v) is 1.48. The Morgan fingerprint density at radius 3 is 2.38 bits per heavy atom. The van der Waals surface area contributed by atoms with E-state index in [1.165, 1.54) is 0 Å². The highest BCUT2D eigenvalue weighted by atomic mass is 16.4. The normalized spacial score (nSPS) is 26.8. The summed E-state index contributed by atoms with van der Waals surface area (Å²) in [6, 6.07) is -1.59. The van der Waals surface area contributed by atoms with Gasteiger partial charge in [-0.05, 0) is 12.8 Å². The molecule has 0 spiro atoms. The minimum atomic E-state index is -1.27. The molecule has 1 aliphatic rings. The summed E-state index contributed by atoms with van der Waals surface area (Å²) >= 11 is 0. The van der Waals surface area contributed by atoms with Crippen molar-refractivity contribution in [2.45, 2.75) is 24.9 Å². The van der Waals surface area contributed by atoms with Gasteiger partial charge in [-0.15, -0.1) is 6.42 Å². The molecule has 0 bridgehead atoms. The summed E-state index contributed by atoms with van der Waals surface area (Å²) in [4.78, 5) is 22.1. The maximum absolute atomic E-state index is 10.7. The summed E-state index contributed by atoms with van der Waals surface area (Å²) in [5.41, 5.74) is 0. The van der Waals surface area contributed by atoms with Crippen LogP contribution in [0, 0.1) is 12.3 Å². The second-order valence-electron chi connectivity index (χ2n) is 2.80. The van der Waals surface area contributed by atoms with Gasteiger partial charge in [-0.25, -0.2) is 9.59 Å². The number of terminal acetylenes is 1. The first-order chi connectivity index (χ1) is 6.07. The summed E-state index contributed by atoms with van der Waals surface area (Å²) < 4.78 is 0. The van der Waals surface area contributed by atoms with Crippen LogP contribution in [0.5, 0.6) is 0 Å². The van der Waals surface area contributed by atoms with Crippen molar-refractivity contribution in [3.05, 3.63) is 0 Å². The molecule has 0 radical (unpaired) electrons. The standard InChI is InChI=1S/C8H9NO4/c1-2-5-3-4-6(7(10)11)9(5)8(12)13/h1,5-6H,3-4H2,(H,10,11)(H,12,13)/t5-,6+/m1/s1. The summed E-state index contributed by atoms with van der Waals surface area (Å²) in [6.07, 6.45) is 4.51. The van der Waals surface area contributed by atoms with E-state index in [1.54, 1.807) is 0 Å². The molecule has 1 rings (SSSR count). The Labute approximate surface area is 75.0 Å². The van der Waals surface area contributed by atoms with Crippen LogP contribution in [-0.4, -0.2) is 39.3 Å². The Balaban J connectivity index is 2.86. The Morgan fingerprint density at radius 1 is 1.38 bits per heavy atom. The number of nitrogens with zero attached hydrogens (tertiary/aromatic N) is 1. The van der Waals surface area contributed by atoms with Crippen molar-refractivity contribution in [1.82, 2.24) is 4.90 Å². The Kier molecular flexibility index (Phi) is 2.42. The molecule has 0 aromatic heterocycles. The van der Waals surface area contributed by atoms with Gasteiger partial charge in [0.15, 0.2) is 0 Å². The van der Waals surface area contributed by atoms with Crippen LogP contribution in [0.25, 0.3) is 0 Å². The van der Waals surface area contributed by atoms with Crippen LogP contribution in [0.1, 0.15) is 12.8 Å². The first kappa shape index (κ1) is 9.39. The zero-order chi connectivity index (χ0) is 10.0. The summed E-state index contributed by atoms with van der Waals surface area (Å²) in [7, 11) is 0. The number of carboxylic acid groups (broad SMARTS) is 2. The predicted molar refractivity (Wildman–Crippen MR) is 43.1 cm³/mol. The van der Waals surface area contributed by atoms with Crippen LogP contribution in [0.3, 0.4) is 0 Å². The number of carboxylic acids is 1. The Bertz CT molecular complexity index is 280. The fraction of sp³-hybridized carbons (Fsp3) is 0.500. The lowest BCUT2D eigenvalue weighted by Gasteiger charge is -2.21. The quantitative estimate of drug-likeness (QED) is 0.570. The van der Waals surface area contributed by atoms with Crippen molar-refractivity contribution in [3.8, 4) is 12.3 Å². The smallest absolute Gasteiger partial charge is 0.409 e. The van der Waals surface area contributed by atoms with Crippen LogP contribution in [-0.2, 0) is 4.79 Å². The minimum Gasteiger partial charge on any atom is -0.480 e. The van der Waals surface area contributed by atoms with Crippen LogP contribution in [0.4, 0.5) is 4.79 Å². The van der Waals surface area contributed by atoms with Crippen LogP contribution in [0.15, 0.2) is 0 Å². The van der Waals surface area contributed by atoms with Gasteiger partial charge in [-0.3, -0.25) is 4.90 Å².